The predicted molar refractivity (Wildman–Crippen MR) is 60.9 cm³/mol. The molecule has 0 N–H and O–H groups in total. The van der Waals surface area contributed by atoms with Gasteiger partial charge in [0.2, 0.25) is 5.88 Å². The molecule has 88 valence electrons. The Morgan fingerprint density at radius 2 is 2.25 bits per heavy atom. The van der Waals surface area contributed by atoms with Crippen LogP contribution in [0.25, 0.3) is 0 Å². The molecule has 0 bridgehead atoms. The minimum absolute atomic E-state index is 0.463. The van der Waals surface area contributed by atoms with E-state index >= 15 is 0 Å². The number of aromatic nitrogens is 2. The zero-order valence-electron chi connectivity index (χ0n) is 9.49. The molecule has 0 aliphatic carbocycles. The number of halogens is 1. The molecule has 4 nitrogen and oxygen atoms in total. The Balaban J connectivity index is 2.02. The van der Waals surface area contributed by atoms with Crippen molar-refractivity contribution in [3.63, 3.8) is 0 Å². The van der Waals surface area contributed by atoms with Gasteiger partial charge in [0.25, 0.3) is 0 Å². The first-order valence-corrected chi connectivity index (χ1v) is 5.76. The number of rotatable bonds is 3. The molecule has 0 amide bonds. The third kappa shape index (κ3) is 2.62. The van der Waals surface area contributed by atoms with Crippen LogP contribution in [0.3, 0.4) is 0 Å². The van der Waals surface area contributed by atoms with E-state index in [1.165, 1.54) is 0 Å². The zero-order valence-corrected chi connectivity index (χ0v) is 10.3. The molecule has 0 spiro atoms. The lowest BCUT2D eigenvalue weighted by Gasteiger charge is -2.12. The highest BCUT2D eigenvalue weighted by atomic mass is 35.5. The van der Waals surface area contributed by atoms with Crippen molar-refractivity contribution in [2.75, 3.05) is 19.8 Å². The lowest BCUT2D eigenvalue weighted by atomic mass is 10.1. The van der Waals surface area contributed by atoms with E-state index in [-0.39, 0.29) is 0 Å². The number of aryl methyl sites for hydroxylation is 1. The van der Waals surface area contributed by atoms with Crippen LogP contribution in [-0.2, 0) is 4.74 Å². The van der Waals surface area contributed by atoms with E-state index in [2.05, 4.69) is 9.97 Å². The van der Waals surface area contributed by atoms with Crippen molar-refractivity contribution in [3.05, 3.63) is 16.5 Å². The van der Waals surface area contributed by atoms with Gasteiger partial charge >= 0.3 is 0 Å². The van der Waals surface area contributed by atoms with Crippen LogP contribution < -0.4 is 4.74 Å². The maximum Gasteiger partial charge on any atom is 0.221 e. The van der Waals surface area contributed by atoms with Crippen LogP contribution in [0.4, 0.5) is 0 Å². The van der Waals surface area contributed by atoms with E-state index in [1.54, 1.807) is 6.92 Å². The summed E-state index contributed by atoms with van der Waals surface area (Å²) in [6.07, 6.45) is 1.05. The van der Waals surface area contributed by atoms with Gasteiger partial charge in [-0.05, 0) is 20.3 Å². The van der Waals surface area contributed by atoms with E-state index < -0.39 is 0 Å². The number of nitrogens with zero attached hydrogens (tertiary/aromatic N) is 2. The molecule has 1 unspecified atom stereocenters. The third-order valence-electron chi connectivity index (χ3n) is 2.63. The Morgan fingerprint density at radius 3 is 2.94 bits per heavy atom. The molecule has 1 saturated heterocycles. The highest BCUT2D eigenvalue weighted by Gasteiger charge is 2.17. The topological polar surface area (TPSA) is 44.2 Å². The SMILES string of the molecule is Cc1nc(Cl)c(C)c(OCC2CCOC2)n1. The Hall–Kier alpha value is -0.870. The first-order chi connectivity index (χ1) is 7.66. The summed E-state index contributed by atoms with van der Waals surface area (Å²) in [5.41, 5.74) is 0.797. The van der Waals surface area contributed by atoms with Gasteiger partial charge in [0.05, 0.1) is 13.2 Å². The second kappa shape index (κ2) is 4.97. The van der Waals surface area contributed by atoms with E-state index in [9.17, 15) is 0 Å². The number of hydrogen-bond acceptors (Lipinski definition) is 4. The van der Waals surface area contributed by atoms with E-state index in [0.29, 0.717) is 29.4 Å². The molecule has 1 fully saturated rings. The van der Waals surface area contributed by atoms with Crippen LogP contribution in [0.1, 0.15) is 17.8 Å². The van der Waals surface area contributed by atoms with Gasteiger partial charge in [-0.2, -0.15) is 4.98 Å². The van der Waals surface area contributed by atoms with Crippen molar-refractivity contribution in [1.29, 1.82) is 0 Å². The van der Waals surface area contributed by atoms with Gasteiger partial charge in [0.15, 0.2) is 0 Å². The molecule has 0 radical (unpaired) electrons. The fourth-order valence-corrected chi connectivity index (χ4v) is 1.83. The molecule has 1 aromatic heterocycles. The summed E-state index contributed by atoms with van der Waals surface area (Å²) < 4.78 is 11.0. The molecule has 5 heteroatoms. The van der Waals surface area contributed by atoms with Crippen molar-refractivity contribution in [2.45, 2.75) is 20.3 Å². The average molecular weight is 243 g/mol. The minimum atomic E-state index is 0.463. The quantitative estimate of drug-likeness (QED) is 0.762. The van der Waals surface area contributed by atoms with Gasteiger partial charge in [0.1, 0.15) is 11.0 Å². The molecule has 0 saturated carbocycles. The van der Waals surface area contributed by atoms with Crippen molar-refractivity contribution in [1.82, 2.24) is 9.97 Å². The predicted octanol–water partition coefficient (Wildman–Crippen LogP) is 2.16. The van der Waals surface area contributed by atoms with E-state index in [0.717, 1.165) is 25.2 Å². The molecule has 2 rings (SSSR count). The van der Waals surface area contributed by atoms with Crippen LogP contribution in [0.5, 0.6) is 5.88 Å². The van der Waals surface area contributed by atoms with Crippen LogP contribution in [0.15, 0.2) is 0 Å². The summed E-state index contributed by atoms with van der Waals surface area (Å²) in [7, 11) is 0. The molecule has 2 heterocycles. The van der Waals surface area contributed by atoms with Crippen LogP contribution in [-0.4, -0.2) is 29.8 Å². The smallest absolute Gasteiger partial charge is 0.221 e. The molecular formula is C11H15ClN2O2. The first-order valence-electron chi connectivity index (χ1n) is 5.38. The second-order valence-electron chi connectivity index (χ2n) is 4.03. The monoisotopic (exact) mass is 242 g/mol. The summed E-state index contributed by atoms with van der Waals surface area (Å²) in [5, 5.41) is 0.463. The van der Waals surface area contributed by atoms with Crippen molar-refractivity contribution in [3.8, 4) is 5.88 Å². The van der Waals surface area contributed by atoms with E-state index in [4.69, 9.17) is 21.1 Å². The van der Waals surface area contributed by atoms with Crippen molar-refractivity contribution in [2.24, 2.45) is 5.92 Å². The lowest BCUT2D eigenvalue weighted by Crippen LogP contribution is -2.13. The highest BCUT2D eigenvalue weighted by Crippen LogP contribution is 2.23. The largest absolute Gasteiger partial charge is 0.477 e. The maximum absolute atomic E-state index is 5.96. The standard InChI is InChI=1S/C11H15ClN2O2/c1-7-10(12)13-8(2)14-11(7)16-6-9-3-4-15-5-9/h9H,3-6H2,1-2H3. The third-order valence-corrected chi connectivity index (χ3v) is 3.00. The molecule has 1 atom stereocenters. The van der Waals surface area contributed by atoms with Crippen molar-refractivity contribution < 1.29 is 9.47 Å². The van der Waals surface area contributed by atoms with Gasteiger partial charge in [-0.15, -0.1) is 0 Å². The van der Waals surface area contributed by atoms with Crippen LogP contribution in [0.2, 0.25) is 5.15 Å². The summed E-state index contributed by atoms with van der Waals surface area (Å²) in [4.78, 5) is 8.30. The molecule has 0 aromatic carbocycles. The van der Waals surface area contributed by atoms with Crippen LogP contribution in [0, 0.1) is 19.8 Å². The van der Waals surface area contributed by atoms with Gasteiger partial charge in [-0.3, -0.25) is 0 Å². The summed E-state index contributed by atoms with van der Waals surface area (Å²) in [6.45, 7) is 5.90. The molecular weight excluding hydrogens is 228 g/mol. The number of ether oxygens (including phenoxy) is 2. The normalized spacial score (nSPS) is 20.1. The van der Waals surface area contributed by atoms with Crippen molar-refractivity contribution >= 4 is 11.6 Å². The highest BCUT2D eigenvalue weighted by molar-refractivity contribution is 6.30. The van der Waals surface area contributed by atoms with Gasteiger partial charge in [0, 0.05) is 18.1 Å². The first kappa shape index (κ1) is 11.6. The second-order valence-corrected chi connectivity index (χ2v) is 4.39. The van der Waals surface area contributed by atoms with Crippen LogP contribution >= 0.6 is 11.6 Å². The fourth-order valence-electron chi connectivity index (χ4n) is 1.62. The molecule has 1 aliphatic heterocycles. The summed E-state index contributed by atoms with van der Waals surface area (Å²) in [6, 6.07) is 0. The Morgan fingerprint density at radius 1 is 1.44 bits per heavy atom. The molecule has 1 aliphatic rings. The maximum atomic E-state index is 5.96. The average Bonchev–Trinajstić information content (AvgIpc) is 2.74. The summed E-state index contributed by atoms with van der Waals surface area (Å²) in [5.74, 6) is 1.69. The zero-order chi connectivity index (χ0) is 11.5. The van der Waals surface area contributed by atoms with Gasteiger partial charge < -0.3 is 9.47 Å². The van der Waals surface area contributed by atoms with E-state index in [1.807, 2.05) is 6.92 Å². The Bertz CT molecular complexity index is 378. The summed E-state index contributed by atoms with van der Waals surface area (Å²) >= 11 is 5.96. The molecule has 16 heavy (non-hydrogen) atoms. The fraction of sp³-hybridized carbons (Fsp3) is 0.636. The number of hydrogen-bond donors (Lipinski definition) is 0. The molecule has 1 aromatic rings. The van der Waals surface area contributed by atoms with Gasteiger partial charge in [-0.1, -0.05) is 11.6 Å². The Kier molecular flexibility index (Phi) is 3.61. The lowest BCUT2D eigenvalue weighted by molar-refractivity contribution is 0.165. The minimum Gasteiger partial charge on any atom is -0.477 e. The van der Waals surface area contributed by atoms with Gasteiger partial charge in [-0.25, -0.2) is 4.98 Å². The Labute approximate surface area is 99.9 Å².